The van der Waals surface area contributed by atoms with E-state index in [1.54, 1.807) is 0 Å². The van der Waals surface area contributed by atoms with Crippen LogP contribution in [0.1, 0.15) is 6.42 Å². The van der Waals surface area contributed by atoms with E-state index >= 15 is 0 Å². The van der Waals surface area contributed by atoms with Crippen molar-refractivity contribution in [3.05, 3.63) is 30.1 Å². The number of rotatable bonds is 6. The minimum absolute atomic E-state index is 0.174. The van der Waals surface area contributed by atoms with Crippen molar-refractivity contribution in [2.24, 2.45) is 5.73 Å². The monoisotopic (exact) mass is 297 g/mol. The van der Waals surface area contributed by atoms with Gasteiger partial charge in [-0.05, 0) is 42.7 Å². The lowest BCUT2D eigenvalue weighted by Gasteiger charge is -2.37. The fourth-order valence-corrected chi connectivity index (χ4v) is 3.07. The van der Waals surface area contributed by atoms with E-state index in [0.29, 0.717) is 0 Å². The van der Waals surface area contributed by atoms with Crippen molar-refractivity contribution < 1.29 is 4.39 Å². The van der Waals surface area contributed by atoms with Gasteiger partial charge in [0.05, 0.1) is 0 Å². The van der Waals surface area contributed by atoms with Crippen molar-refractivity contribution >= 4 is 17.4 Å². The fraction of sp³-hybridized carbons (Fsp3) is 0.600. The third-order valence-corrected chi connectivity index (χ3v) is 4.39. The van der Waals surface area contributed by atoms with E-state index in [9.17, 15) is 4.39 Å². The van der Waals surface area contributed by atoms with Crippen LogP contribution in [0, 0.1) is 5.82 Å². The minimum atomic E-state index is -0.174. The average molecular weight is 297 g/mol. The van der Waals surface area contributed by atoms with E-state index in [2.05, 4.69) is 16.1 Å². The summed E-state index contributed by atoms with van der Waals surface area (Å²) in [7, 11) is 0. The summed E-state index contributed by atoms with van der Waals surface area (Å²) in [4.78, 5) is 4.74. The summed E-state index contributed by atoms with van der Waals surface area (Å²) in [5.41, 5.74) is 7.25. The summed E-state index contributed by atoms with van der Waals surface area (Å²) in [5, 5.41) is 0. The average Bonchev–Trinajstić information content (AvgIpc) is 2.47. The SMILES string of the molecule is CSCC[C@H](N)CN1CCN(c2ccc(F)cc2)CC1. The van der Waals surface area contributed by atoms with Crippen molar-refractivity contribution in [2.75, 3.05) is 49.6 Å². The van der Waals surface area contributed by atoms with Crippen molar-refractivity contribution in [1.82, 2.24) is 4.90 Å². The molecule has 0 aromatic heterocycles. The third kappa shape index (κ3) is 4.65. The summed E-state index contributed by atoms with van der Waals surface area (Å²) in [6.45, 7) is 5.02. The number of hydrogen-bond donors (Lipinski definition) is 1. The zero-order chi connectivity index (χ0) is 14.4. The van der Waals surface area contributed by atoms with Gasteiger partial charge >= 0.3 is 0 Å². The smallest absolute Gasteiger partial charge is 0.123 e. The first-order valence-electron chi connectivity index (χ1n) is 7.16. The Balaban J connectivity index is 1.76. The Bertz CT molecular complexity index is 391. The second-order valence-electron chi connectivity index (χ2n) is 5.31. The molecule has 0 spiro atoms. The van der Waals surface area contributed by atoms with Gasteiger partial charge in [0, 0.05) is 44.5 Å². The van der Waals surface area contributed by atoms with Crippen LogP contribution in [-0.2, 0) is 0 Å². The third-order valence-electron chi connectivity index (χ3n) is 3.75. The van der Waals surface area contributed by atoms with E-state index < -0.39 is 0 Å². The zero-order valence-corrected chi connectivity index (χ0v) is 12.9. The van der Waals surface area contributed by atoms with Crippen LogP contribution in [0.5, 0.6) is 0 Å². The molecule has 1 fully saturated rings. The lowest BCUT2D eigenvalue weighted by molar-refractivity contribution is 0.241. The number of hydrogen-bond acceptors (Lipinski definition) is 4. The molecule has 20 heavy (non-hydrogen) atoms. The lowest BCUT2D eigenvalue weighted by atomic mass is 10.2. The molecule has 1 aliphatic heterocycles. The van der Waals surface area contributed by atoms with Crippen LogP contribution in [0.3, 0.4) is 0 Å². The molecule has 0 bridgehead atoms. The van der Waals surface area contributed by atoms with E-state index in [-0.39, 0.29) is 11.9 Å². The molecule has 112 valence electrons. The largest absolute Gasteiger partial charge is 0.369 e. The molecule has 3 nitrogen and oxygen atoms in total. The predicted octanol–water partition coefficient (Wildman–Crippen LogP) is 2.03. The van der Waals surface area contributed by atoms with Gasteiger partial charge in [-0.2, -0.15) is 11.8 Å². The van der Waals surface area contributed by atoms with Gasteiger partial charge in [-0.3, -0.25) is 4.90 Å². The highest BCUT2D eigenvalue weighted by Crippen LogP contribution is 2.17. The topological polar surface area (TPSA) is 32.5 Å². The van der Waals surface area contributed by atoms with E-state index in [1.165, 1.54) is 12.1 Å². The van der Waals surface area contributed by atoms with Gasteiger partial charge in [-0.1, -0.05) is 0 Å². The Hall–Kier alpha value is -0.780. The molecule has 1 saturated heterocycles. The van der Waals surface area contributed by atoms with Crippen molar-refractivity contribution in [3.63, 3.8) is 0 Å². The van der Waals surface area contributed by atoms with Gasteiger partial charge in [-0.15, -0.1) is 0 Å². The van der Waals surface area contributed by atoms with Crippen molar-refractivity contribution in [1.29, 1.82) is 0 Å². The maximum absolute atomic E-state index is 12.9. The number of anilines is 1. The van der Waals surface area contributed by atoms with Crippen LogP contribution in [0.15, 0.2) is 24.3 Å². The zero-order valence-electron chi connectivity index (χ0n) is 12.1. The van der Waals surface area contributed by atoms with Gasteiger partial charge in [0.1, 0.15) is 5.82 Å². The van der Waals surface area contributed by atoms with Gasteiger partial charge in [0.2, 0.25) is 0 Å². The molecule has 0 amide bonds. The molecule has 2 rings (SSSR count). The summed E-state index contributed by atoms with van der Waals surface area (Å²) >= 11 is 1.85. The van der Waals surface area contributed by atoms with Crippen LogP contribution < -0.4 is 10.6 Å². The number of nitrogens with two attached hydrogens (primary N) is 1. The van der Waals surface area contributed by atoms with Crippen LogP contribution in [0.2, 0.25) is 0 Å². The summed E-state index contributed by atoms with van der Waals surface area (Å²) in [6.07, 6.45) is 3.20. The van der Waals surface area contributed by atoms with Gasteiger partial charge < -0.3 is 10.6 Å². The molecule has 2 N–H and O–H groups in total. The Morgan fingerprint density at radius 1 is 1.20 bits per heavy atom. The highest BCUT2D eigenvalue weighted by atomic mass is 32.2. The first-order chi connectivity index (χ1) is 9.69. The molecule has 0 radical (unpaired) electrons. The van der Waals surface area contributed by atoms with Crippen LogP contribution in [-0.4, -0.2) is 55.7 Å². The molecule has 1 atom stereocenters. The quantitative estimate of drug-likeness (QED) is 0.871. The fourth-order valence-electron chi connectivity index (χ4n) is 2.53. The predicted molar refractivity (Wildman–Crippen MR) is 86.0 cm³/mol. The van der Waals surface area contributed by atoms with Crippen LogP contribution in [0.25, 0.3) is 0 Å². The molecule has 1 aromatic carbocycles. The summed E-state index contributed by atoms with van der Waals surface area (Å²) in [6, 6.07) is 7.05. The van der Waals surface area contributed by atoms with Gasteiger partial charge in [0.15, 0.2) is 0 Å². The van der Waals surface area contributed by atoms with E-state index in [4.69, 9.17) is 5.73 Å². The Labute approximate surface area is 125 Å². The number of piperazine rings is 1. The highest BCUT2D eigenvalue weighted by molar-refractivity contribution is 7.98. The standard InChI is InChI=1S/C15H24FN3S/c1-20-11-6-14(17)12-18-7-9-19(10-8-18)15-4-2-13(16)3-5-15/h2-5,14H,6-12,17H2,1H3/t14-/m0/s1. The molecule has 1 aliphatic rings. The van der Waals surface area contributed by atoms with Gasteiger partial charge in [-0.25, -0.2) is 4.39 Å². The van der Waals surface area contributed by atoms with Crippen LogP contribution in [0.4, 0.5) is 10.1 Å². The van der Waals surface area contributed by atoms with E-state index in [0.717, 1.165) is 50.6 Å². The minimum Gasteiger partial charge on any atom is -0.369 e. The molecule has 1 aromatic rings. The number of benzene rings is 1. The van der Waals surface area contributed by atoms with Crippen LogP contribution >= 0.6 is 11.8 Å². The molecular weight excluding hydrogens is 273 g/mol. The molecular formula is C15H24FN3S. The Morgan fingerprint density at radius 3 is 2.45 bits per heavy atom. The second kappa shape index (κ2) is 7.86. The maximum atomic E-state index is 12.9. The van der Waals surface area contributed by atoms with Gasteiger partial charge in [0.25, 0.3) is 0 Å². The molecule has 0 saturated carbocycles. The second-order valence-corrected chi connectivity index (χ2v) is 6.29. The number of thioether (sulfide) groups is 1. The van der Waals surface area contributed by atoms with Crippen molar-refractivity contribution in [3.8, 4) is 0 Å². The number of halogens is 1. The lowest BCUT2D eigenvalue weighted by Crippen LogP contribution is -2.50. The number of nitrogens with zero attached hydrogens (tertiary/aromatic N) is 2. The summed E-state index contributed by atoms with van der Waals surface area (Å²) in [5.74, 6) is 0.962. The molecule has 0 unspecified atom stereocenters. The van der Waals surface area contributed by atoms with E-state index in [1.807, 2.05) is 23.9 Å². The molecule has 0 aliphatic carbocycles. The first kappa shape index (κ1) is 15.6. The normalized spacial score (nSPS) is 18.2. The maximum Gasteiger partial charge on any atom is 0.123 e. The molecule has 5 heteroatoms. The van der Waals surface area contributed by atoms with Crippen molar-refractivity contribution in [2.45, 2.75) is 12.5 Å². The molecule has 1 heterocycles. The first-order valence-corrected chi connectivity index (χ1v) is 8.56. The Kier molecular flexibility index (Phi) is 6.13. The Morgan fingerprint density at radius 2 is 1.85 bits per heavy atom. The highest BCUT2D eigenvalue weighted by Gasteiger charge is 2.18. The summed E-state index contributed by atoms with van der Waals surface area (Å²) < 4.78 is 12.9.